The Bertz CT molecular complexity index is 1060. The number of benzene rings is 2. The van der Waals surface area contributed by atoms with Crippen molar-refractivity contribution in [2.45, 2.75) is 76.9 Å². The van der Waals surface area contributed by atoms with Crippen LogP contribution in [0.2, 0.25) is 0 Å². The van der Waals surface area contributed by atoms with Crippen molar-refractivity contribution in [3.8, 4) is 5.75 Å². The number of aromatic hydroxyl groups is 1. The minimum absolute atomic E-state index is 0.0676. The fourth-order valence-corrected chi connectivity index (χ4v) is 8.07. The van der Waals surface area contributed by atoms with Crippen LogP contribution in [-0.4, -0.2) is 62.6 Å². The summed E-state index contributed by atoms with van der Waals surface area (Å²) in [6.45, 7) is 7.20. The van der Waals surface area contributed by atoms with Crippen LogP contribution in [0.1, 0.15) is 74.5 Å². The smallest absolute Gasteiger partial charge is 0.115 e. The SMILES string of the molecule is C[C@]12CC[C@@H]3c4ccc(O)cc4C[C@H](CCCCOCCOCCOCCOCc4ccccc4)[C@H]3[C@@H]1CC[C@@H]2O. The summed E-state index contributed by atoms with van der Waals surface area (Å²) < 4.78 is 22.7. The topological polar surface area (TPSA) is 77.4 Å². The number of rotatable bonds is 16. The molecule has 0 aromatic heterocycles. The lowest BCUT2D eigenvalue weighted by molar-refractivity contribution is -0.0399. The monoisotopic (exact) mass is 566 g/mol. The predicted molar refractivity (Wildman–Crippen MR) is 160 cm³/mol. The van der Waals surface area contributed by atoms with Gasteiger partial charge in [0.1, 0.15) is 5.75 Å². The van der Waals surface area contributed by atoms with Crippen LogP contribution in [0.4, 0.5) is 0 Å². The first-order valence-electron chi connectivity index (χ1n) is 15.9. The number of phenols is 1. The first kappa shape index (κ1) is 30.5. The first-order valence-corrected chi connectivity index (χ1v) is 15.9. The summed E-state index contributed by atoms with van der Waals surface area (Å²) >= 11 is 0. The zero-order valence-corrected chi connectivity index (χ0v) is 24.8. The van der Waals surface area contributed by atoms with Crippen LogP contribution in [0, 0.1) is 23.2 Å². The quantitative estimate of drug-likeness (QED) is 0.233. The molecular formula is C35H50O6. The van der Waals surface area contributed by atoms with Gasteiger partial charge in [0.05, 0.1) is 52.4 Å². The van der Waals surface area contributed by atoms with Crippen molar-refractivity contribution in [2.75, 3.05) is 46.2 Å². The van der Waals surface area contributed by atoms with Gasteiger partial charge in [0, 0.05) is 6.61 Å². The number of fused-ring (bicyclic) bond motifs is 5. The van der Waals surface area contributed by atoms with E-state index < -0.39 is 0 Å². The van der Waals surface area contributed by atoms with Crippen molar-refractivity contribution in [1.82, 2.24) is 0 Å². The minimum Gasteiger partial charge on any atom is -0.508 e. The van der Waals surface area contributed by atoms with Crippen molar-refractivity contribution in [1.29, 1.82) is 0 Å². The molecule has 5 rings (SSSR count). The summed E-state index contributed by atoms with van der Waals surface area (Å²) in [4.78, 5) is 0. The second kappa shape index (κ2) is 15.0. The lowest BCUT2D eigenvalue weighted by Crippen LogP contribution is -2.47. The van der Waals surface area contributed by atoms with Crippen LogP contribution in [-0.2, 0) is 32.0 Å². The Balaban J connectivity index is 0.946. The van der Waals surface area contributed by atoms with Crippen molar-refractivity contribution in [2.24, 2.45) is 23.2 Å². The molecule has 6 atom stereocenters. The van der Waals surface area contributed by atoms with Gasteiger partial charge in [-0.15, -0.1) is 0 Å². The molecule has 0 unspecified atom stereocenters. The average Bonchev–Trinajstić information content (AvgIpc) is 3.29. The van der Waals surface area contributed by atoms with Crippen molar-refractivity contribution in [3.05, 3.63) is 65.2 Å². The van der Waals surface area contributed by atoms with Crippen LogP contribution in [0.15, 0.2) is 48.5 Å². The van der Waals surface area contributed by atoms with Crippen LogP contribution >= 0.6 is 0 Å². The van der Waals surface area contributed by atoms with Gasteiger partial charge in [0.25, 0.3) is 0 Å². The molecule has 226 valence electrons. The largest absolute Gasteiger partial charge is 0.508 e. The normalized spacial score (nSPS) is 28.7. The molecule has 6 heteroatoms. The molecule has 6 nitrogen and oxygen atoms in total. The molecule has 0 bridgehead atoms. The summed E-state index contributed by atoms with van der Waals surface area (Å²) in [7, 11) is 0. The summed E-state index contributed by atoms with van der Waals surface area (Å²) in [6, 6.07) is 16.2. The molecular weight excluding hydrogens is 516 g/mol. The third-order valence-electron chi connectivity index (χ3n) is 10.2. The fourth-order valence-electron chi connectivity index (χ4n) is 8.07. The Kier molecular flexibility index (Phi) is 11.1. The maximum atomic E-state index is 10.9. The third kappa shape index (κ3) is 7.71. The van der Waals surface area contributed by atoms with Gasteiger partial charge in [-0.1, -0.05) is 49.7 Å². The van der Waals surface area contributed by atoms with E-state index in [1.165, 1.54) is 23.1 Å². The maximum absolute atomic E-state index is 10.9. The van der Waals surface area contributed by atoms with E-state index in [0.717, 1.165) is 51.6 Å². The van der Waals surface area contributed by atoms with Gasteiger partial charge in [-0.05, 0) is 103 Å². The molecule has 0 heterocycles. The molecule has 2 fully saturated rings. The second-order valence-corrected chi connectivity index (χ2v) is 12.6. The number of hydrogen-bond donors (Lipinski definition) is 2. The molecule has 2 saturated carbocycles. The number of aliphatic hydroxyl groups is 1. The fraction of sp³-hybridized carbons (Fsp3) is 0.657. The highest BCUT2D eigenvalue weighted by molar-refractivity contribution is 5.40. The highest BCUT2D eigenvalue weighted by Gasteiger charge is 2.56. The summed E-state index contributed by atoms with van der Waals surface area (Å²) in [5.41, 5.74) is 4.04. The highest BCUT2D eigenvalue weighted by atomic mass is 16.6. The highest BCUT2D eigenvalue weighted by Crippen LogP contribution is 2.62. The molecule has 3 aliphatic rings. The summed E-state index contributed by atoms with van der Waals surface area (Å²) in [5, 5.41) is 21.0. The summed E-state index contributed by atoms with van der Waals surface area (Å²) in [6.07, 6.45) is 8.64. The maximum Gasteiger partial charge on any atom is 0.115 e. The standard InChI is InChI=1S/C35H50O6/c1-35-15-14-31-30-11-10-29(36)24-28(30)23-27(34(31)32(35)12-13-33(35)37)9-5-6-16-38-17-18-39-19-20-40-21-22-41-25-26-7-3-2-4-8-26/h2-4,7-8,10-11,24,27,31-34,36-37H,5-6,9,12-23,25H2,1H3/t27-,31+,32-,33-,34+,35-/m0/s1. The molecule has 41 heavy (non-hydrogen) atoms. The Hall–Kier alpha value is -1.96. The Morgan fingerprint density at radius 3 is 2.27 bits per heavy atom. The van der Waals surface area contributed by atoms with Crippen molar-refractivity contribution < 1.29 is 29.2 Å². The van der Waals surface area contributed by atoms with Crippen LogP contribution in [0.25, 0.3) is 0 Å². The van der Waals surface area contributed by atoms with Gasteiger partial charge >= 0.3 is 0 Å². The zero-order valence-electron chi connectivity index (χ0n) is 24.8. The van der Waals surface area contributed by atoms with Crippen LogP contribution in [0.5, 0.6) is 5.75 Å². The molecule has 2 N–H and O–H groups in total. The van der Waals surface area contributed by atoms with Crippen molar-refractivity contribution >= 4 is 0 Å². The van der Waals surface area contributed by atoms with Gasteiger partial charge in [-0.2, -0.15) is 0 Å². The van der Waals surface area contributed by atoms with Gasteiger partial charge in [-0.25, -0.2) is 0 Å². The van der Waals surface area contributed by atoms with Gasteiger partial charge < -0.3 is 29.2 Å². The van der Waals surface area contributed by atoms with Gasteiger partial charge in [-0.3, -0.25) is 0 Å². The first-order chi connectivity index (χ1) is 20.1. The molecule has 0 saturated heterocycles. The number of ether oxygens (including phenoxy) is 4. The number of unbranched alkanes of at least 4 members (excludes halogenated alkanes) is 1. The van der Waals surface area contributed by atoms with E-state index in [-0.39, 0.29) is 11.5 Å². The molecule has 2 aromatic carbocycles. The van der Waals surface area contributed by atoms with Crippen LogP contribution < -0.4 is 0 Å². The molecule has 0 spiro atoms. The predicted octanol–water partition coefficient (Wildman–Crippen LogP) is 6.27. The van der Waals surface area contributed by atoms with Crippen molar-refractivity contribution in [3.63, 3.8) is 0 Å². The number of hydrogen-bond acceptors (Lipinski definition) is 6. The Morgan fingerprint density at radius 2 is 1.51 bits per heavy atom. The molecule has 0 radical (unpaired) electrons. The van der Waals surface area contributed by atoms with E-state index in [9.17, 15) is 10.2 Å². The van der Waals surface area contributed by atoms with Crippen LogP contribution in [0.3, 0.4) is 0 Å². The lowest BCUT2D eigenvalue weighted by atomic mass is 9.52. The van der Waals surface area contributed by atoms with E-state index >= 15 is 0 Å². The third-order valence-corrected chi connectivity index (χ3v) is 10.2. The van der Waals surface area contributed by atoms with E-state index in [4.69, 9.17) is 18.9 Å². The second-order valence-electron chi connectivity index (χ2n) is 12.6. The van der Waals surface area contributed by atoms with E-state index in [2.05, 4.69) is 25.1 Å². The molecule has 0 aliphatic heterocycles. The average molecular weight is 567 g/mol. The number of phenolic OH excluding ortho intramolecular Hbond substituents is 1. The van der Waals surface area contributed by atoms with E-state index in [0.29, 0.717) is 75.7 Å². The Morgan fingerprint density at radius 1 is 0.805 bits per heavy atom. The minimum atomic E-state index is -0.156. The lowest BCUT2D eigenvalue weighted by Gasteiger charge is -2.53. The number of aliphatic hydroxyl groups excluding tert-OH is 1. The van der Waals surface area contributed by atoms with Gasteiger partial charge in [0.2, 0.25) is 0 Å². The molecule has 2 aromatic rings. The summed E-state index contributed by atoms with van der Waals surface area (Å²) in [5.74, 6) is 2.79. The molecule has 0 amide bonds. The van der Waals surface area contributed by atoms with E-state index in [1.54, 1.807) is 0 Å². The van der Waals surface area contributed by atoms with Gasteiger partial charge in [0.15, 0.2) is 0 Å². The van der Waals surface area contributed by atoms with E-state index in [1.807, 2.05) is 30.3 Å². The zero-order chi connectivity index (χ0) is 28.5. The molecule has 3 aliphatic carbocycles. The Labute approximate surface area is 246 Å².